The maximum absolute atomic E-state index is 13.5. The van der Waals surface area contributed by atoms with Crippen LogP contribution in [0.4, 0.5) is 30.6 Å². The fourth-order valence-electron chi connectivity index (χ4n) is 3.80. The fourth-order valence-corrected chi connectivity index (χ4v) is 5.25. The first-order valence-corrected chi connectivity index (χ1v) is 12.5. The van der Waals surface area contributed by atoms with Gasteiger partial charge in [0.25, 0.3) is 0 Å². The molecule has 1 aliphatic heterocycles. The third-order valence-corrected chi connectivity index (χ3v) is 7.65. The van der Waals surface area contributed by atoms with Crippen LogP contribution in [0.1, 0.15) is 18.4 Å². The van der Waals surface area contributed by atoms with Gasteiger partial charge in [0.1, 0.15) is 17.2 Å². The highest BCUT2D eigenvalue weighted by Crippen LogP contribution is 2.39. The number of halogens is 3. The fraction of sp³-hybridized carbons (Fsp3) is 0.429. The number of ether oxygens (including phenoxy) is 2. The number of hydrogen-bond donors (Lipinski definition) is 4. The lowest BCUT2D eigenvalue weighted by Crippen LogP contribution is -2.43. The summed E-state index contributed by atoms with van der Waals surface area (Å²) < 4.78 is 77.1. The highest BCUT2D eigenvalue weighted by molar-refractivity contribution is 7.92. The summed E-state index contributed by atoms with van der Waals surface area (Å²) >= 11 is 0. The number of alkyl halides is 3. The Bertz CT molecular complexity index is 1350. The van der Waals surface area contributed by atoms with Crippen molar-refractivity contribution in [3.05, 3.63) is 30.0 Å². The Morgan fingerprint density at radius 3 is 2.69 bits per heavy atom. The van der Waals surface area contributed by atoms with E-state index in [4.69, 9.17) is 9.47 Å². The van der Waals surface area contributed by atoms with Crippen molar-refractivity contribution in [1.29, 1.82) is 0 Å². The molecule has 1 saturated carbocycles. The lowest BCUT2D eigenvalue weighted by atomic mass is 10.2. The SMILES string of the molecule is COc1cc(S(=O)(=O)C2CNCCO2)ccc1Nc1nc(NC2CC2)c2c(C(F)(F)F)c[nH]c2n1. The van der Waals surface area contributed by atoms with Crippen molar-refractivity contribution in [2.45, 2.75) is 35.4 Å². The molecule has 3 aromatic rings. The molecule has 1 atom stereocenters. The molecule has 2 fully saturated rings. The van der Waals surface area contributed by atoms with E-state index in [1.54, 1.807) is 0 Å². The number of aromatic nitrogens is 3. The molecule has 1 unspecified atom stereocenters. The molecule has 0 amide bonds. The summed E-state index contributed by atoms with van der Waals surface area (Å²) in [5, 5.41) is 8.82. The first kappa shape index (κ1) is 23.6. The van der Waals surface area contributed by atoms with E-state index in [9.17, 15) is 21.6 Å². The number of fused-ring (bicyclic) bond motifs is 1. The van der Waals surface area contributed by atoms with Crippen molar-refractivity contribution in [3.63, 3.8) is 0 Å². The minimum atomic E-state index is -4.57. The molecular weight excluding hydrogens is 489 g/mol. The van der Waals surface area contributed by atoms with Crippen LogP contribution in [0.3, 0.4) is 0 Å². The van der Waals surface area contributed by atoms with Gasteiger partial charge in [-0.25, -0.2) is 8.42 Å². The van der Waals surface area contributed by atoms with Crippen molar-refractivity contribution in [3.8, 4) is 5.75 Å². The Morgan fingerprint density at radius 1 is 1.23 bits per heavy atom. The standard InChI is InChI=1S/C21H23F3N6O4S/c1-33-15-8-12(35(31,32)16-10-25-6-7-34-16)4-5-14(15)28-20-29-18-17(13(9-26-18)21(22,23)24)19(30-20)27-11-2-3-11/h4-5,8-9,11,16,25H,2-3,6-7,10H2,1H3,(H3,26,27,28,29,30). The zero-order valence-electron chi connectivity index (χ0n) is 18.6. The topological polar surface area (TPSA) is 130 Å². The smallest absolute Gasteiger partial charge is 0.418 e. The first-order valence-electron chi connectivity index (χ1n) is 10.9. The van der Waals surface area contributed by atoms with E-state index in [1.165, 1.54) is 25.3 Å². The quantitative estimate of drug-likeness (QED) is 0.377. The van der Waals surface area contributed by atoms with Crippen LogP contribution in [0, 0.1) is 0 Å². The molecule has 10 nitrogen and oxygen atoms in total. The van der Waals surface area contributed by atoms with Gasteiger partial charge in [0.15, 0.2) is 5.44 Å². The number of benzene rings is 1. The summed E-state index contributed by atoms with van der Waals surface area (Å²) in [6, 6.07) is 4.29. The average Bonchev–Trinajstić information content (AvgIpc) is 3.53. The van der Waals surface area contributed by atoms with Gasteiger partial charge in [0.2, 0.25) is 15.8 Å². The molecule has 0 spiro atoms. The minimum Gasteiger partial charge on any atom is -0.495 e. The summed E-state index contributed by atoms with van der Waals surface area (Å²) in [6.07, 6.45) is -2.03. The zero-order valence-corrected chi connectivity index (χ0v) is 19.4. The number of nitrogens with zero attached hydrogens (tertiary/aromatic N) is 2. The predicted molar refractivity (Wildman–Crippen MR) is 122 cm³/mol. The van der Waals surface area contributed by atoms with Gasteiger partial charge in [0, 0.05) is 31.4 Å². The Kier molecular flexibility index (Phi) is 5.97. The number of methoxy groups -OCH3 is 1. The Morgan fingerprint density at radius 2 is 2.03 bits per heavy atom. The Balaban J connectivity index is 1.48. The van der Waals surface area contributed by atoms with E-state index in [-0.39, 0.29) is 52.6 Å². The van der Waals surface area contributed by atoms with Gasteiger partial charge in [-0.3, -0.25) is 0 Å². The second-order valence-electron chi connectivity index (χ2n) is 8.27. The zero-order chi connectivity index (χ0) is 24.8. The molecule has 1 aromatic carbocycles. The predicted octanol–water partition coefficient (Wildman–Crippen LogP) is 3.02. The van der Waals surface area contributed by atoms with Gasteiger partial charge in [0.05, 0.1) is 35.2 Å². The van der Waals surface area contributed by atoms with Gasteiger partial charge in [-0.2, -0.15) is 23.1 Å². The van der Waals surface area contributed by atoms with Gasteiger partial charge in [-0.05, 0) is 25.0 Å². The van der Waals surface area contributed by atoms with Crippen molar-refractivity contribution < 1.29 is 31.1 Å². The van der Waals surface area contributed by atoms with E-state index in [0.29, 0.717) is 12.2 Å². The van der Waals surface area contributed by atoms with E-state index in [2.05, 4.69) is 30.9 Å². The molecule has 35 heavy (non-hydrogen) atoms. The van der Waals surface area contributed by atoms with E-state index in [0.717, 1.165) is 19.0 Å². The lowest BCUT2D eigenvalue weighted by Gasteiger charge is -2.24. The van der Waals surface area contributed by atoms with Crippen LogP contribution < -0.4 is 20.7 Å². The highest BCUT2D eigenvalue weighted by atomic mass is 32.2. The number of nitrogens with one attached hydrogen (secondary N) is 4. The number of aromatic amines is 1. The second-order valence-corrected chi connectivity index (χ2v) is 10.4. The summed E-state index contributed by atoms with van der Waals surface area (Å²) in [5.74, 6) is 0.274. The Hall–Kier alpha value is -3.10. The molecule has 2 aliphatic rings. The molecule has 3 heterocycles. The number of morpholine rings is 1. The summed E-state index contributed by atoms with van der Waals surface area (Å²) in [4.78, 5) is 11.1. The summed E-state index contributed by atoms with van der Waals surface area (Å²) in [5.41, 5.74) is -1.52. The maximum atomic E-state index is 13.5. The van der Waals surface area contributed by atoms with E-state index in [1.807, 2.05) is 0 Å². The van der Waals surface area contributed by atoms with Gasteiger partial charge >= 0.3 is 6.18 Å². The average molecular weight is 513 g/mol. The van der Waals surface area contributed by atoms with Crippen molar-refractivity contribution >= 4 is 38.3 Å². The molecular formula is C21H23F3N6O4S. The molecule has 2 aromatic heterocycles. The first-order chi connectivity index (χ1) is 16.7. The van der Waals surface area contributed by atoms with Gasteiger partial charge < -0.3 is 30.4 Å². The number of rotatable bonds is 7. The number of sulfone groups is 1. The number of H-pyrrole nitrogens is 1. The summed E-state index contributed by atoms with van der Waals surface area (Å²) in [6.45, 7) is 1.03. The number of hydrogen-bond acceptors (Lipinski definition) is 9. The Labute approximate surface area is 198 Å². The highest BCUT2D eigenvalue weighted by Gasteiger charge is 2.36. The van der Waals surface area contributed by atoms with Crippen LogP contribution in [0.2, 0.25) is 0 Å². The van der Waals surface area contributed by atoms with Gasteiger partial charge in [-0.1, -0.05) is 0 Å². The largest absolute Gasteiger partial charge is 0.495 e. The summed E-state index contributed by atoms with van der Waals surface area (Å²) in [7, 11) is -2.41. The third-order valence-electron chi connectivity index (χ3n) is 5.74. The van der Waals surface area contributed by atoms with Crippen LogP contribution in [-0.2, 0) is 20.8 Å². The van der Waals surface area contributed by atoms with Crippen LogP contribution in [0.15, 0.2) is 29.3 Å². The molecule has 1 saturated heterocycles. The second kappa shape index (κ2) is 8.84. The van der Waals surface area contributed by atoms with Crippen molar-refractivity contribution in [2.75, 3.05) is 37.4 Å². The normalized spacial score (nSPS) is 19.0. The molecule has 14 heteroatoms. The maximum Gasteiger partial charge on any atom is 0.418 e. The lowest BCUT2D eigenvalue weighted by molar-refractivity contribution is -0.136. The van der Waals surface area contributed by atoms with E-state index >= 15 is 0 Å². The van der Waals surface area contributed by atoms with Gasteiger partial charge in [-0.15, -0.1) is 0 Å². The van der Waals surface area contributed by atoms with Crippen LogP contribution in [0.25, 0.3) is 11.0 Å². The molecule has 1 aliphatic carbocycles. The molecule has 0 radical (unpaired) electrons. The van der Waals surface area contributed by atoms with Crippen molar-refractivity contribution in [2.24, 2.45) is 0 Å². The molecule has 0 bridgehead atoms. The molecule has 5 rings (SSSR count). The van der Waals surface area contributed by atoms with Crippen LogP contribution in [0.5, 0.6) is 5.75 Å². The van der Waals surface area contributed by atoms with Crippen LogP contribution in [-0.4, -0.2) is 61.7 Å². The molecule has 4 N–H and O–H groups in total. The number of anilines is 3. The third kappa shape index (κ3) is 4.73. The minimum absolute atomic E-state index is 0.0121. The van der Waals surface area contributed by atoms with Crippen molar-refractivity contribution in [1.82, 2.24) is 20.3 Å². The van der Waals surface area contributed by atoms with Crippen LogP contribution >= 0.6 is 0 Å². The van der Waals surface area contributed by atoms with E-state index < -0.39 is 27.0 Å². The monoisotopic (exact) mass is 512 g/mol. The molecule has 188 valence electrons.